The molecule has 0 aromatic rings. The lowest BCUT2D eigenvalue weighted by molar-refractivity contribution is -0.302. The molecule has 2 amide bonds. The van der Waals surface area contributed by atoms with Crippen LogP contribution in [0.4, 0.5) is 0 Å². The summed E-state index contributed by atoms with van der Waals surface area (Å²) in [5.74, 6) is -1.71. The van der Waals surface area contributed by atoms with E-state index in [1.807, 2.05) is 6.92 Å². The zero-order chi connectivity index (χ0) is 55.3. The van der Waals surface area contributed by atoms with Crippen molar-refractivity contribution >= 4 is 25.6 Å². The Morgan fingerprint density at radius 1 is 0.547 bits per heavy atom. The van der Waals surface area contributed by atoms with E-state index in [9.17, 15) is 54.3 Å². The van der Waals surface area contributed by atoms with Crippen molar-refractivity contribution in [2.24, 2.45) is 0 Å². The van der Waals surface area contributed by atoms with Crippen molar-refractivity contribution in [1.29, 1.82) is 0 Å². The lowest BCUT2D eigenvalue weighted by Crippen LogP contribution is -2.67. The monoisotopic (exact) mass is 1100 g/mol. The zero-order valence-electron chi connectivity index (χ0n) is 46.5. The van der Waals surface area contributed by atoms with Crippen molar-refractivity contribution in [2.75, 3.05) is 19.8 Å². The maximum Gasteiger partial charge on any atom is 0.470 e. The van der Waals surface area contributed by atoms with Gasteiger partial charge < -0.3 is 69.6 Å². The summed E-state index contributed by atoms with van der Waals surface area (Å²) in [4.78, 5) is 59.8. The molecule has 2 heterocycles. The molecular weight excluding hydrogens is 992 g/mol. The lowest BCUT2D eigenvalue weighted by atomic mass is 9.95. The molecule has 19 nitrogen and oxygen atoms in total. The number of ether oxygens (including phenoxy) is 5. The summed E-state index contributed by atoms with van der Waals surface area (Å²) in [5.41, 5.74) is 0. The smallest absolute Gasteiger partial charge is 0.462 e. The third-order valence-electron chi connectivity index (χ3n) is 14.3. The van der Waals surface area contributed by atoms with Crippen LogP contribution in [0.2, 0.25) is 0 Å². The van der Waals surface area contributed by atoms with E-state index in [4.69, 9.17) is 28.2 Å². The van der Waals surface area contributed by atoms with Crippen molar-refractivity contribution < 1.29 is 82.5 Å². The van der Waals surface area contributed by atoms with Gasteiger partial charge in [-0.2, -0.15) is 0 Å². The van der Waals surface area contributed by atoms with E-state index in [1.54, 1.807) is 0 Å². The number of aliphatic hydroxyl groups is 5. The molecule has 0 aliphatic carbocycles. The van der Waals surface area contributed by atoms with Gasteiger partial charge in [-0.15, -0.1) is 0 Å². The molecule has 0 spiro atoms. The maximum absolute atomic E-state index is 14.0. The summed E-state index contributed by atoms with van der Waals surface area (Å²) in [5, 5.41) is 60.6. The van der Waals surface area contributed by atoms with Gasteiger partial charge in [-0.25, -0.2) is 4.57 Å². The minimum absolute atomic E-state index is 0.147. The molecular formula is C55H105N2O17P. The standard InChI is InChI=1S/C55H105N2O17P/c1-5-9-12-15-18-21-24-27-30-33-41(59)37-45(60)56-48-51(64)50(63)44(73-54(48)69-36-8-4)40-70-55-49(52(65)53(43(39-58)72-55)74-75(66,67)68)57-46(61)38-42(34-31-28-25-22-19-16-13-10-6-2)71-47(62)35-32-29-26-23-20-17-14-11-7-3/h41-44,48-55,58-59,63-65H,5-40H2,1-4H3,(H,56,60)(H,57,61)(H2,66,67,68)/t41-,42-,43-,44-,48-,49-,50-,51-,52-,53-,54+,55-/m1/s1. The van der Waals surface area contributed by atoms with Gasteiger partial charge in [0.25, 0.3) is 0 Å². The number of carbonyl (C=O) groups is 3. The summed E-state index contributed by atoms with van der Waals surface area (Å²) in [7, 11) is -5.30. The average molecular weight is 1100 g/mol. The minimum atomic E-state index is -5.30. The van der Waals surface area contributed by atoms with Crippen LogP contribution in [0.5, 0.6) is 0 Å². The van der Waals surface area contributed by atoms with Crippen LogP contribution >= 0.6 is 7.82 Å². The SMILES string of the molecule is CCCCCCCCCCCC(=O)O[C@H](CCCCCCCCCCC)CC(=O)N[C@H]1[C@H](OC[C@H]2O[C@H](OCCC)[C@H](NC(=O)C[C@H](O)CCCCCCCCCCC)[C@@H](O)[C@@H]2O)O[C@H](CO)[C@@H](OP(=O)(O)O)[C@@H]1O. The molecule has 9 N–H and O–H groups in total. The van der Waals surface area contributed by atoms with E-state index >= 15 is 0 Å². The van der Waals surface area contributed by atoms with E-state index in [0.29, 0.717) is 32.1 Å². The molecule has 75 heavy (non-hydrogen) atoms. The first kappa shape index (κ1) is 69.3. The molecule has 0 saturated carbocycles. The second-order valence-corrected chi connectivity index (χ2v) is 22.4. The number of esters is 1. The number of amides is 2. The van der Waals surface area contributed by atoms with Gasteiger partial charge >= 0.3 is 13.8 Å². The van der Waals surface area contributed by atoms with E-state index in [2.05, 4.69) is 31.4 Å². The van der Waals surface area contributed by atoms with Crippen LogP contribution in [-0.2, 0) is 47.2 Å². The highest BCUT2D eigenvalue weighted by atomic mass is 31.2. The van der Waals surface area contributed by atoms with Crippen LogP contribution in [0, 0.1) is 0 Å². The fourth-order valence-electron chi connectivity index (χ4n) is 9.85. The molecule has 0 radical (unpaired) electrons. The summed E-state index contributed by atoms with van der Waals surface area (Å²) in [6.45, 7) is 7.07. The number of phosphoric ester groups is 1. The molecule has 0 unspecified atom stereocenters. The molecule has 20 heteroatoms. The van der Waals surface area contributed by atoms with Crippen LogP contribution in [0.25, 0.3) is 0 Å². The molecule has 2 saturated heterocycles. The topological polar surface area (TPSA) is 289 Å². The highest BCUT2D eigenvalue weighted by molar-refractivity contribution is 7.46. The van der Waals surface area contributed by atoms with Crippen LogP contribution in [0.15, 0.2) is 0 Å². The quantitative estimate of drug-likeness (QED) is 0.0158. The van der Waals surface area contributed by atoms with Gasteiger partial charge in [0.05, 0.1) is 32.2 Å². The van der Waals surface area contributed by atoms with Gasteiger partial charge in [-0.3, -0.25) is 18.9 Å². The number of aliphatic hydroxyl groups excluding tert-OH is 5. The molecule has 2 aliphatic heterocycles. The number of rotatable bonds is 46. The Morgan fingerprint density at radius 3 is 1.48 bits per heavy atom. The highest BCUT2D eigenvalue weighted by Crippen LogP contribution is 2.41. The Bertz CT molecular complexity index is 1510. The molecule has 0 bridgehead atoms. The van der Waals surface area contributed by atoms with Crippen LogP contribution in [-0.4, -0.2) is 146 Å². The highest BCUT2D eigenvalue weighted by Gasteiger charge is 2.51. The fourth-order valence-corrected chi connectivity index (χ4v) is 10.4. The predicted octanol–water partition coefficient (Wildman–Crippen LogP) is 8.22. The van der Waals surface area contributed by atoms with Gasteiger partial charge in [0.15, 0.2) is 12.6 Å². The normalized spacial score (nSPS) is 24.9. The first-order valence-corrected chi connectivity index (χ1v) is 31.0. The Kier molecular flexibility index (Phi) is 38.9. The summed E-state index contributed by atoms with van der Waals surface area (Å²) >= 11 is 0. The van der Waals surface area contributed by atoms with E-state index in [0.717, 1.165) is 70.6 Å². The van der Waals surface area contributed by atoms with E-state index in [1.165, 1.54) is 89.9 Å². The third kappa shape index (κ3) is 30.9. The number of hydrogen-bond donors (Lipinski definition) is 9. The van der Waals surface area contributed by atoms with Crippen molar-refractivity contribution in [3.05, 3.63) is 0 Å². The van der Waals surface area contributed by atoms with Gasteiger partial charge in [0.2, 0.25) is 11.8 Å². The second kappa shape index (κ2) is 42.1. The molecule has 2 rings (SSSR count). The Hall–Kier alpha value is -1.84. The first-order valence-electron chi connectivity index (χ1n) is 29.5. The number of carbonyl (C=O) groups excluding carboxylic acids is 3. The Balaban J connectivity index is 2.17. The molecule has 2 fully saturated rings. The Labute approximate surface area is 450 Å². The second-order valence-electron chi connectivity index (χ2n) is 21.2. The average Bonchev–Trinajstić information content (AvgIpc) is 3.36. The first-order chi connectivity index (χ1) is 36.1. The van der Waals surface area contributed by atoms with Crippen molar-refractivity contribution in [1.82, 2.24) is 10.6 Å². The van der Waals surface area contributed by atoms with E-state index in [-0.39, 0.29) is 25.9 Å². The van der Waals surface area contributed by atoms with Crippen molar-refractivity contribution in [3.8, 4) is 0 Å². The van der Waals surface area contributed by atoms with Crippen LogP contribution < -0.4 is 10.6 Å². The molecule has 2 aliphatic rings. The minimum Gasteiger partial charge on any atom is -0.462 e. The van der Waals surface area contributed by atoms with Gasteiger partial charge in [0.1, 0.15) is 54.8 Å². The maximum atomic E-state index is 14.0. The fraction of sp³-hybridized carbons (Fsp3) is 0.945. The summed E-state index contributed by atoms with van der Waals surface area (Å²) in [6, 6.07) is -2.85. The largest absolute Gasteiger partial charge is 0.470 e. The van der Waals surface area contributed by atoms with Crippen molar-refractivity contribution in [2.45, 2.75) is 313 Å². The number of nitrogens with one attached hydrogen (secondary N) is 2. The molecule has 0 aromatic heterocycles. The molecule has 0 aromatic carbocycles. The van der Waals surface area contributed by atoms with Crippen molar-refractivity contribution in [3.63, 3.8) is 0 Å². The van der Waals surface area contributed by atoms with Crippen LogP contribution in [0.3, 0.4) is 0 Å². The summed E-state index contributed by atoms with van der Waals surface area (Å²) < 4.78 is 46.7. The molecule has 12 atom stereocenters. The lowest BCUT2D eigenvalue weighted by Gasteiger charge is -2.45. The van der Waals surface area contributed by atoms with E-state index < -0.39 is 112 Å². The number of unbranched alkanes of at least 4 members (excludes halogenated alkanes) is 24. The number of phosphoric acid groups is 1. The zero-order valence-corrected chi connectivity index (χ0v) is 47.4. The van der Waals surface area contributed by atoms with Gasteiger partial charge in [-0.05, 0) is 32.1 Å². The predicted molar refractivity (Wildman–Crippen MR) is 286 cm³/mol. The number of hydrogen-bond acceptors (Lipinski definition) is 15. The Morgan fingerprint density at radius 2 is 0.987 bits per heavy atom. The summed E-state index contributed by atoms with van der Waals surface area (Å²) in [6.07, 6.45) is 15.6. The molecule has 442 valence electrons. The van der Waals surface area contributed by atoms with Crippen LogP contribution in [0.1, 0.15) is 240 Å². The van der Waals surface area contributed by atoms with Gasteiger partial charge in [0, 0.05) is 13.0 Å². The third-order valence-corrected chi connectivity index (χ3v) is 14.8. The van der Waals surface area contributed by atoms with Gasteiger partial charge in [-0.1, -0.05) is 188 Å².